The Morgan fingerprint density at radius 3 is 2.62 bits per heavy atom. The van der Waals surface area contributed by atoms with E-state index >= 15 is 0 Å². The molecule has 0 atom stereocenters. The molecule has 2 heterocycles. The van der Waals surface area contributed by atoms with Crippen LogP contribution in [-0.2, 0) is 0 Å². The molecule has 0 spiro atoms. The van der Waals surface area contributed by atoms with Gasteiger partial charge in [-0.05, 0) is 6.07 Å². The maximum absolute atomic E-state index is 5.77. The van der Waals surface area contributed by atoms with Gasteiger partial charge >= 0.3 is 0 Å². The fourth-order valence-electron chi connectivity index (χ4n) is 1.52. The molecule has 0 bridgehead atoms. The minimum atomic E-state index is 0.513. The Bertz CT molecular complexity index is 629. The summed E-state index contributed by atoms with van der Waals surface area (Å²) in [5.74, 6) is 1.67. The number of anilines is 1. The van der Waals surface area contributed by atoms with Gasteiger partial charge in [0.2, 0.25) is 0 Å². The molecule has 16 heavy (non-hydrogen) atoms. The van der Waals surface area contributed by atoms with Crippen LogP contribution in [0.3, 0.4) is 0 Å². The molecule has 3 rings (SSSR count). The molecule has 1 aromatic carbocycles. The lowest BCUT2D eigenvalue weighted by Gasteiger charge is -1.93. The molecule has 5 heteroatoms. The van der Waals surface area contributed by atoms with Crippen molar-refractivity contribution >= 4 is 11.6 Å². The minimum absolute atomic E-state index is 0.513. The monoisotopic (exact) mass is 211 g/mol. The van der Waals surface area contributed by atoms with Crippen molar-refractivity contribution in [3.8, 4) is 11.4 Å². The van der Waals surface area contributed by atoms with Crippen molar-refractivity contribution in [1.29, 1.82) is 0 Å². The number of hydrogen-bond acceptors (Lipinski definition) is 4. The summed E-state index contributed by atoms with van der Waals surface area (Å²) in [6, 6.07) is 11.4. The van der Waals surface area contributed by atoms with Crippen LogP contribution in [0.15, 0.2) is 42.6 Å². The van der Waals surface area contributed by atoms with E-state index in [0.29, 0.717) is 17.4 Å². The molecule has 0 fully saturated rings. The van der Waals surface area contributed by atoms with E-state index in [1.807, 2.05) is 30.3 Å². The third kappa shape index (κ3) is 1.30. The van der Waals surface area contributed by atoms with Crippen molar-refractivity contribution in [3.63, 3.8) is 0 Å². The Labute approximate surface area is 91.6 Å². The molecule has 5 nitrogen and oxygen atoms in total. The molecular formula is C11H9N5. The van der Waals surface area contributed by atoms with Crippen LogP contribution in [0.25, 0.3) is 17.2 Å². The van der Waals surface area contributed by atoms with E-state index in [1.165, 1.54) is 4.52 Å². The summed E-state index contributed by atoms with van der Waals surface area (Å²) in [6.07, 6.45) is 1.62. The number of aromatic nitrogens is 4. The second-order valence-electron chi connectivity index (χ2n) is 3.38. The number of fused-ring (bicyclic) bond motifs is 1. The van der Waals surface area contributed by atoms with Gasteiger partial charge < -0.3 is 5.73 Å². The van der Waals surface area contributed by atoms with Crippen molar-refractivity contribution in [3.05, 3.63) is 42.6 Å². The summed E-state index contributed by atoms with van der Waals surface area (Å²) in [6.45, 7) is 0. The van der Waals surface area contributed by atoms with E-state index in [4.69, 9.17) is 5.73 Å². The predicted molar refractivity (Wildman–Crippen MR) is 60.6 cm³/mol. The fraction of sp³-hybridized carbons (Fsp3) is 0. The molecule has 0 saturated heterocycles. The quantitative estimate of drug-likeness (QED) is 0.660. The second kappa shape index (κ2) is 3.30. The summed E-state index contributed by atoms with van der Waals surface area (Å²) in [4.78, 5) is 8.40. The zero-order valence-corrected chi connectivity index (χ0v) is 8.41. The topological polar surface area (TPSA) is 69.1 Å². The van der Waals surface area contributed by atoms with Gasteiger partial charge in [-0.15, -0.1) is 5.10 Å². The lowest BCUT2D eigenvalue weighted by atomic mass is 10.2. The van der Waals surface area contributed by atoms with Crippen molar-refractivity contribution in [2.45, 2.75) is 0 Å². The van der Waals surface area contributed by atoms with E-state index in [-0.39, 0.29) is 0 Å². The third-order valence-electron chi connectivity index (χ3n) is 2.30. The smallest absolute Gasteiger partial charge is 0.254 e. The Kier molecular flexibility index (Phi) is 1.83. The normalized spacial score (nSPS) is 10.8. The van der Waals surface area contributed by atoms with Crippen LogP contribution in [0.1, 0.15) is 0 Å². The largest absolute Gasteiger partial charge is 0.383 e. The summed E-state index contributed by atoms with van der Waals surface area (Å²) in [5, 5.41) is 4.30. The number of hydrogen-bond donors (Lipinski definition) is 1. The molecule has 0 amide bonds. The fourth-order valence-corrected chi connectivity index (χ4v) is 1.52. The van der Waals surface area contributed by atoms with Gasteiger partial charge in [-0.2, -0.15) is 9.50 Å². The zero-order valence-electron chi connectivity index (χ0n) is 8.41. The number of benzene rings is 1. The molecule has 0 radical (unpaired) electrons. The van der Waals surface area contributed by atoms with Gasteiger partial charge in [0.05, 0.1) is 0 Å². The number of rotatable bonds is 1. The molecule has 0 aliphatic carbocycles. The van der Waals surface area contributed by atoms with Crippen LogP contribution in [-0.4, -0.2) is 19.6 Å². The van der Waals surface area contributed by atoms with E-state index in [9.17, 15) is 0 Å². The summed E-state index contributed by atoms with van der Waals surface area (Å²) in [5.41, 5.74) is 6.72. The molecule has 0 saturated carbocycles. The highest BCUT2D eigenvalue weighted by atomic mass is 15.3. The van der Waals surface area contributed by atoms with Crippen molar-refractivity contribution in [2.24, 2.45) is 0 Å². The van der Waals surface area contributed by atoms with Gasteiger partial charge in [-0.25, -0.2) is 4.98 Å². The van der Waals surface area contributed by atoms with E-state index < -0.39 is 0 Å². The van der Waals surface area contributed by atoms with E-state index in [1.54, 1.807) is 12.3 Å². The first kappa shape index (κ1) is 8.84. The van der Waals surface area contributed by atoms with Crippen LogP contribution in [0.5, 0.6) is 0 Å². The Morgan fingerprint density at radius 1 is 1.06 bits per heavy atom. The van der Waals surface area contributed by atoms with Gasteiger partial charge in [0.1, 0.15) is 5.82 Å². The summed E-state index contributed by atoms with van der Waals surface area (Å²) >= 11 is 0. The first-order valence-electron chi connectivity index (χ1n) is 4.87. The standard InChI is InChI=1S/C11H9N5/c12-9-6-7-13-11-14-10(15-16(9)11)8-4-2-1-3-5-8/h1-7H,12H2. The first-order chi connectivity index (χ1) is 7.84. The van der Waals surface area contributed by atoms with Gasteiger partial charge in [0.15, 0.2) is 5.82 Å². The lowest BCUT2D eigenvalue weighted by molar-refractivity contribution is 0.955. The average molecular weight is 211 g/mol. The predicted octanol–water partition coefficient (Wildman–Crippen LogP) is 1.37. The van der Waals surface area contributed by atoms with Crippen molar-refractivity contribution in [1.82, 2.24) is 19.6 Å². The molecule has 0 unspecified atom stereocenters. The highest BCUT2D eigenvalue weighted by Crippen LogP contribution is 2.15. The SMILES string of the molecule is Nc1ccnc2nc(-c3ccccc3)nn12. The van der Waals surface area contributed by atoms with Crippen LogP contribution < -0.4 is 5.73 Å². The lowest BCUT2D eigenvalue weighted by Crippen LogP contribution is -1.98. The maximum atomic E-state index is 5.77. The second-order valence-corrected chi connectivity index (χ2v) is 3.38. The Balaban J connectivity index is 2.23. The Hall–Kier alpha value is -2.43. The highest BCUT2D eigenvalue weighted by Gasteiger charge is 2.07. The van der Waals surface area contributed by atoms with Crippen LogP contribution in [0.4, 0.5) is 5.82 Å². The summed E-state index contributed by atoms with van der Waals surface area (Å²) in [7, 11) is 0. The van der Waals surface area contributed by atoms with Gasteiger partial charge in [-0.3, -0.25) is 0 Å². The molecular weight excluding hydrogens is 202 g/mol. The van der Waals surface area contributed by atoms with Crippen LogP contribution in [0.2, 0.25) is 0 Å². The minimum Gasteiger partial charge on any atom is -0.383 e. The zero-order chi connectivity index (χ0) is 11.0. The molecule has 78 valence electrons. The third-order valence-corrected chi connectivity index (χ3v) is 2.30. The van der Waals surface area contributed by atoms with E-state index in [0.717, 1.165) is 5.56 Å². The average Bonchev–Trinajstić information content (AvgIpc) is 2.76. The molecule has 2 aromatic heterocycles. The number of nitrogen functional groups attached to an aromatic ring is 1. The van der Waals surface area contributed by atoms with Crippen molar-refractivity contribution < 1.29 is 0 Å². The highest BCUT2D eigenvalue weighted by molar-refractivity contribution is 5.57. The van der Waals surface area contributed by atoms with Gasteiger partial charge in [0, 0.05) is 11.8 Å². The maximum Gasteiger partial charge on any atom is 0.254 e. The first-order valence-corrected chi connectivity index (χ1v) is 4.87. The van der Waals surface area contributed by atoms with Crippen LogP contribution in [0, 0.1) is 0 Å². The molecule has 0 aliphatic heterocycles. The molecule has 0 aliphatic rings. The molecule has 2 N–H and O–H groups in total. The molecule has 3 aromatic rings. The van der Waals surface area contributed by atoms with Crippen LogP contribution >= 0.6 is 0 Å². The number of nitrogens with zero attached hydrogens (tertiary/aromatic N) is 4. The Morgan fingerprint density at radius 2 is 1.88 bits per heavy atom. The van der Waals surface area contributed by atoms with Gasteiger partial charge in [0.25, 0.3) is 5.78 Å². The summed E-state index contributed by atoms with van der Waals surface area (Å²) < 4.78 is 1.53. The number of nitrogens with two attached hydrogens (primary N) is 1. The van der Waals surface area contributed by atoms with E-state index in [2.05, 4.69) is 15.1 Å². The van der Waals surface area contributed by atoms with Crippen molar-refractivity contribution in [2.75, 3.05) is 5.73 Å². The van der Waals surface area contributed by atoms with Gasteiger partial charge in [-0.1, -0.05) is 30.3 Å².